The van der Waals surface area contributed by atoms with Gasteiger partial charge in [-0.15, -0.1) is 0 Å². The lowest BCUT2D eigenvalue weighted by Crippen LogP contribution is -2.24. The van der Waals surface area contributed by atoms with E-state index in [1.165, 1.54) is 11.3 Å². The first-order chi connectivity index (χ1) is 9.66. The summed E-state index contributed by atoms with van der Waals surface area (Å²) in [5, 5.41) is 7.41. The monoisotopic (exact) mass is 273 g/mol. The Kier molecular flexibility index (Phi) is 3.22. The predicted molar refractivity (Wildman–Crippen MR) is 76.6 cm³/mol. The number of nitrogens with one attached hydrogen (secondary N) is 1. The molecule has 0 amide bonds. The first-order valence-corrected chi connectivity index (χ1v) is 6.93. The second-order valence-corrected chi connectivity index (χ2v) is 5.26. The summed E-state index contributed by atoms with van der Waals surface area (Å²) >= 11 is 0. The molecule has 5 heteroatoms. The highest BCUT2D eigenvalue weighted by atomic mass is 16.5. The van der Waals surface area contributed by atoms with Crippen LogP contribution in [-0.4, -0.2) is 23.8 Å². The molecular formula is C15H19N3O2. The highest BCUT2D eigenvalue weighted by Gasteiger charge is 2.30. The van der Waals surface area contributed by atoms with Gasteiger partial charge in [-0.25, -0.2) is 0 Å². The fraction of sp³-hybridized carbons (Fsp3) is 0.467. The summed E-state index contributed by atoms with van der Waals surface area (Å²) in [5.41, 5.74) is 2.96. The normalized spacial score (nSPS) is 16.6. The van der Waals surface area contributed by atoms with Gasteiger partial charge in [0.2, 0.25) is 5.82 Å². The third kappa shape index (κ3) is 2.08. The third-order valence-electron chi connectivity index (χ3n) is 4.09. The summed E-state index contributed by atoms with van der Waals surface area (Å²) in [6, 6.07) is 6.18. The maximum Gasteiger partial charge on any atom is 0.258 e. The van der Waals surface area contributed by atoms with Gasteiger partial charge in [-0.3, -0.25) is 0 Å². The highest BCUT2D eigenvalue weighted by molar-refractivity contribution is 5.65. The number of rotatable bonds is 4. The van der Waals surface area contributed by atoms with Crippen LogP contribution < -0.4 is 5.32 Å². The summed E-state index contributed by atoms with van der Waals surface area (Å²) in [5.74, 6) is 1.14. The van der Waals surface area contributed by atoms with Crippen molar-refractivity contribution >= 4 is 5.69 Å². The molecule has 1 unspecified atom stereocenters. The number of methoxy groups -OCH3 is 1. The number of anilines is 1. The van der Waals surface area contributed by atoms with Crippen molar-refractivity contribution in [1.29, 1.82) is 0 Å². The lowest BCUT2D eigenvalue weighted by atomic mass is 10.0. The van der Waals surface area contributed by atoms with Crippen LogP contribution in [0.5, 0.6) is 0 Å². The summed E-state index contributed by atoms with van der Waals surface area (Å²) < 4.78 is 10.9. The smallest absolute Gasteiger partial charge is 0.258 e. The first-order valence-electron chi connectivity index (χ1n) is 6.93. The van der Waals surface area contributed by atoms with Crippen molar-refractivity contribution in [2.45, 2.75) is 32.3 Å². The van der Waals surface area contributed by atoms with Gasteiger partial charge in [-0.05, 0) is 43.5 Å². The molecule has 1 atom stereocenters. The van der Waals surface area contributed by atoms with Crippen molar-refractivity contribution in [1.82, 2.24) is 10.1 Å². The molecule has 0 fully saturated rings. The van der Waals surface area contributed by atoms with Gasteiger partial charge < -0.3 is 14.6 Å². The maximum atomic E-state index is 5.50. The number of hydrogen-bond acceptors (Lipinski definition) is 5. The minimum atomic E-state index is -0.500. The van der Waals surface area contributed by atoms with E-state index < -0.39 is 5.60 Å². The van der Waals surface area contributed by atoms with Crippen molar-refractivity contribution in [3.63, 3.8) is 0 Å². The zero-order chi connectivity index (χ0) is 14.2. The van der Waals surface area contributed by atoms with E-state index in [9.17, 15) is 0 Å². The van der Waals surface area contributed by atoms with Gasteiger partial charge in [0.25, 0.3) is 5.89 Å². The number of aromatic nitrogens is 2. The van der Waals surface area contributed by atoms with E-state index >= 15 is 0 Å². The van der Waals surface area contributed by atoms with Gasteiger partial charge in [0.15, 0.2) is 0 Å². The summed E-state index contributed by atoms with van der Waals surface area (Å²) in [6.45, 7) is 5.00. The molecule has 0 radical (unpaired) electrons. The molecule has 20 heavy (non-hydrogen) atoms. The molecule has 0 saturated carbocycles. The second kappa shape index (κ2) is 4.90. The number of fused-ring (bicyclic) bond motifs is 1. The largest absolute Gasteiger partial charge is 0.384 e. The first kappa shape index (κ1) is 13.1. The molecule has 0 aliphatic carbocycles. The van der Waals surface area contributed by atoms with Crippen LogP contribution in [-0.2, 0) is 16.8 Å². The molecule has 3 rings (SSSR count). The van der Waals surface area contributed by atoms with E-state index in [0.717, 1.165) is 24.9 Å². The standard InChI is InChI=1S/C15H19N3O2/c1-4-15(2,19-3)14-17-13(20-18-14)11-5-6-12-10(9-11)7-8-16-12/h5-6,9,16H,4,7-8H2,1-3H3. The zero-order valence-corrected chi connectivity index (χ0v) is 12.1. The van der Waals surface area contributed by atoms with E-state index in [-0.39, 0.29) is 0 Å². The molecule has 1 N–H and O–H groups in total. The molecule has 1 aliphatic rings. The number of hydrogen-bond donors (Lipinski definition) is 1. The van der Waals surface area contributed by atoms with Gasteiger partial charge in [0.1, 0.15) is 5.60 Å². The topological polar surface area (TPSA) is 60.2 Å². The third-order valence-corrected chi connectivity index (χ3v) is 4.09. The number of benzene rings is 1. The van der Waals surface area contributed by atoms with Crippen molar-refractivity contribution < 1.29 is 9.26 Å². The fourth-order valence-electron chi connectivity index (χ4n) is 2.39. The van der Waals surface area contributed by atoms with Gasteiger partial charge in [-0.2, -0.15) is 4.98 Å². The Balaban J connectivity index is 1.94. The van der Waals surface area contributed by atoms with Crippen LogP contribution in [0.4, 0.5) is 5.69 Å². The SMILES string of the molecule is CCC(C)(OC)c1noc(-c2ccc3c(c2)CCN3)n1. The van der Waals surface area contributed by atoms with Gasteiger partial charge >= 0.3 is 0 Å². The van der Waals surface area contributed by atoms with E-state index in [4.69, 9.17) is 9.26 Å². The molecule has 5 nitrogen and oxygen atoms in total. The van der Waals surface area contributed by atoms with Crippen molar-refractivity contribution in [3.8, 4) is 11.5 Å². The van der Waals surface area contributed by atoms with Crippen LogP contribution in [0.2, 0.25) is 0 Å². The Morgan fingerprint density at radius 2 is 2.30 bits per heavy atom. The van der Waals surface area contributed by atoms with Crippen molar-refractivity contribution in [2.75, 3.05) is 19.0 Å². The van der Waals surface area contributed by atoms with Crippen LogP contribution in [0.15, 0.2) is 22.7 Å². The van der Waals surface area contributed by atoms with E-state index in [2.05, 4.69) is 27.6 Å². The predicted octanol–water partition coefficient (Wildman–Crippen LogP) is 2.98. The molecule has 1 aliphatic heterocycles. The molecule has 106 valence electrons. The minimum Gasteiger partial charge on any atom is -0.384 e. The van der Waals surface area contributed by atoms with Gasteiger partial charge in [-0.1, -0.05) is 12.1 Å². The molecule has 0 spiro atoms. The molecule has 1 aromatic carbocycles. The Labute approximate surface area is 118 Å². The molecule has 2 aromatic rings. The average molecular weight is 273 g/mol. The summed E-state index contributed by atoms with van der Waals surface area (Å²) in [4.78, 5) is 4.50. The van der Waals surface area contributed by atoms with Crippen LogP contribution in [0.1, 0.15) is 31.7 Å². The van der Waals surface area contributed by atoms with E-state index in [1.54, 1.807) is 7.11 Å². The van der Waals surface area contributed by atoms with Crippen LogP contribution in [0.25, 0.3) is 11.5 Å². The highest BCUT2D eigenvalue weighted by Crippen LogP contribution is 2.30. The van der Waals surface area contributed by atoms with Gasteiger partial charge in [0.05, 0.1) is 0 Å². The Morgan fingerprint density at radius 3 is 3.05 bits per heavy atom. The zero-order valence-electron chi connectivity index (χ0n) is 12.1. The lowest BCUT2D eigenvalue weighted by Gasteiger charge is -2.21. The summed E-state index contributed by atoms with van der Waals surface area (Å²) in [6.07, 6.45) is 1.82. The molecule has 2 heterocycles. The molecule has 0 saturated heterocycles. The Hall–Kier alpha value is -1.88. The van der Waals surface area contributed by atoms with Crippen molar-refractivity contribution in [2.24, 2.45) is 0 Å². The Morgan fingerprint density at radius 1 is 1.45 bits per heavy atom. The summed E-state index contributed by atoms with van der Waals surface area (Å²) in [7, 11) is 1.67. The maximum absolute atomic E-state index is 5.50. The van der Waals surface area contributed by atoms with Crippen LogP contribution in [0.3, 0.4) is 0 Å². The van der Waals surface area contributed by atoms with E-state index in [0.29, 0.717) is 11.7 Å². The molecular weight excluding hydrogens is 254 g/mol. The van der Waals surface area contributed by atoms with Crippen LogP contribution in [0, 0.1) is 0 Å². The van der Waals surface area contributed by atoms with E-state index in [1.807, 2.05) is 19.9 Å². The van der Waals surface area contributed by atoms with Crippen LogP contribution >= 0.6 is 0 Å². The minimum absolute atomic E-state index is 0.500. The second-order valence-electron chi connectivity index (χ2n) is 5.26. The quantitative estimate of drug-likeness (QED) is 0.928. The van der Waals surface area contributed by atoms with Gasteiger partial charge in [0, 0.05) is 24.9 Å². The molecule has 1 aromatic heterocycles. The number of ether oxygens (including phenoxy) is 1. The van der Waals surface area contributed by atoms with Crippen molar-refractivity contribution in [3.05, 3.63) is 29.6 Å². The number of nitrogens with zero attached hydrogens (tertiary/aromatic N) is 2. The lowest BCUT2D eigenvalue weighted by molar-refractivity contribution is -0.0106. The molecule has 0 bridgehead atoms. The Bertz CT molecular complexity index is 617. The average Bonchev–Trinajstić information content (AvgIpc) is 3.14. The fourth-order valence-corrected chi connectivity index (χ4v) is 2.39.